The monoisotopic (exact) mass is 331 g/mol. The number of nitro benzene ring substituents is 1. The van der Waals surface area contributed by atoms with Gasteiger partial charge in [-0.3, -0.25) is 14.9 Å². The summed E-state index contributed by atoms with van der Waals surface area (Å²) in [6.45, 7) is 1.11. The lowest BCUT2D eigenvalue weighted by Crippen LogP contribution is -2.28. The molecule has 0 saturated heterocycles. The first-order chi connectivity index (χ1) is 11.5. The summed E-state index contributed by atoms with van der Waals surface area (Å²) >= 11 is 0. The van der Waals surface area contributed by atoms with E-state index in [4.69, 9.17) is 0 Å². The second kappa shape index (κ2) is 8.05. The first kappa shape index (κ1) is 17.4. The van der Waals surface area contributed by atoms with Crippen LogP contribution in [0.15, 0.2) is 48.5 Å². The lowest BCUT2D eigenvalue weighted by molar-refractivity contribution is -0.385. The minimum absolute atomic E-state index is 0.197. The van der Waals surface area contributed by atoms with Gasteiger partial charge in [0.2, 0.25) is 0 Å². The molecule has 0 fully saturated rings. The highest BCUT2D eigenvalue weighted by Gasteiger charge is 2.15. The van der Waals surface area contributed by atoms with E-state index in [0.29, 0.717) is 13.0 Å². The lowest BCUT2D eigenvalue weighted by Gasteiger charge is -2.19. The Morgan fingerprint density at radius 1 is 1.25 bits per heavy atom. The van der Waals surface area contributed by atoms with Crippen LogP contribution in [0.25, 0.3) is 0 Å². The van der Waals surface area contributed by atoms with Crippen LogP contribution in [0.5, 0.6) is 0 Å². The molecule has 1 amide bonds. The van der Waals surface area contributed by atoms with Crippen LogP contribution in [0.2, 0.25) is 0 Å². The van der Waals surface area contributed by atoms with Crippen LogP contribution in [0.1, 0.15) is 16.8 Å². The summed E-state index contributed by atoms with van der Waals surface area (Å²) in [5.41, 5.74) is 0.496. The fraction of sp³-hybridized carbons (Fsp3) is 0.235. The molecule has 2 aromatic carbocycles. The van der Waals surface area contributed by atoms with Crippen molar-refractivity contribution in [2.45, 2.75) is 6.42 Å². The predicted octanol–water partition coefficient (Wildman–Crippen LogP) is 2.99. The highest BCUT2D eigenvalue weighted by molar-refractivity contribution is 5.94. The Hall–Kier alpha value is -2.96. The van der Waals surface area contributed by atoms with Gasteiger partial charge in [-0.25, -0.2) is 4.39 Å². The van der Waals surface area contributed by atoms with Gasteiger partial charge in [0.25, 0.3) is 11.6 Å². The van der Waals surface area contributed by atoms with Crippen LogP contribution in [0, 0.1) is 15.9 Å². The summed E-state index contributed by atoms with van der Waals surface area (Å²) in [5.74, 6) is -1.48. The average molecular weight is 331 g/mol. The van der Waals surface area contributed by atoms with Crippen molar-refractivity contribution in [1.29, 1.82) is 0 Å². The number of rotatable bonds is 7. The predicted molar refractivity (Wildman–Crippen MR) is 89.7 cm³/mol. The summed E-state index contributed by atoms with van der Waals surface area (Å²) in [6, 6.07) is 12.8. The third-order valence-corrected chi connectivity index (χ3v) is 3.56. The molecule has 0 atom stereocenters. The lowest BCUT2D eigenvalue weighted by atomic mass is 10.2. The van der Waals surface area contributed by atoms with Gasteiger partial charge >= 0.3 is 0 Å². The van der Waals surface area contributed by atoms with Gasteiger partial charge in [-0.2, -0.15) is 0 Å². The van der Waals surface area contributed by atoms with Gasteiger partial charge in [-0.05, 0) is 24.6 Å². The van der Waals surface area contributed by atoms with Crippen molar-refractivity contribution in [2.75, 3.05) is 25.0 Å². The molecule has 0 saturated carbocycles. The van der Waals surface area contributed by atoms with Gasteiger partial charge in [0, 0.05) is 31.9 Å². The third kappa shape index (κ3) is 4.52. The first-order valence-corrected chi connectivity index (χ1v) is 7.47. The number of para-hydroxylation sites is 1. The largest absolute Gasteiger partial charge is 0.375 e. The maximum atomic E-state index is 13.7. The van der Waals surface area contributed by atoms with Crippen LogP contribution in [-0.4, -0.2) is 31.0 Å². The number of carbonyl (C=O) groups is 1. The Morgan fingerprint density at radius 3 is 2.58 bits per heavy atom. The molecule has 2 aromatic rings. The Kier molecular flexibility index (Phi) is 5.83. The normalized spacial score (nSPS) is 10.2. The number of non-ortho nitro benzene ring substituents is 1. The summed E-state index contributed by atoms with van der Waals surface area (Å²) in [4.78, 5) is 23.8. The quantitative estimate of drug-likeness (QED) is 0.481. The number of anilines is 1. The number of halogens is 1. The highest BCUT2D eigenvalue weighted by Crippen LogP contribution is 2.16. The Bertz CT molecular complexity index is 722. The van der Waals surface area contributed by atoms with E-state index >= 15 is 0 Å². The van der Waals surface area contributed by atoms with E-state index in [1.807, 2.05) is 37.4 Å². The van der Waals surface area contributed by atoms with Crippen LogP contribution < -0.4 is 10.2 Å². The number of benzene rings is 2. The van der Waals surface area contributed by atoms with E-state index in [0.717, 1.165) is 30.4 Å². The van der Waals surface area contributed by atoms with E-state index in [1.54, 1.807) is 0 Å². The molecule has 0 aliphatic rings. The smallest absolute Gasteiger partial charge is 0.272 e. The van der Waals surface area contributed by atoms with Crippen LogP contribution >= 0.6 is 0 Å². The van der Waals surface area contributed by atoms with E-state index in [9.17, 15) is 19.3 Å². The van der Waals surface area contributed by atoms with Crippen LogP contribution in [0.4, 0.5) is 15.8 Å². The Morgan fingerprint density at radius 2 is 1.96 bits per heavy atom. The number of nitro groups is 1. The van der Waals surface area contributed by atoms with E-state index < -0.39 is 16.6 Å². The molecule has 6 nitrogen and oxygen atoms in total. The molecule has 0 radical (unpaired) electrons. The fourth-order valence-electron chi connectivity index (χ4n) is 2.23. The topological polar surface area (TPSA) is 75.5 Å². The molecule has 24 heavy (non-hydrogen) atoms. The van der Waals surface area contributed by atoms with Crippen molar-refractivity contribution in [1.82, 2.24) is 5.32 Å². The fourth-order valence-corrected chi connectivity index (χ4v) is 2.23. The second-order valence-corrected chi connectivity index (χ2v) is 5.29. The highest BCUT2D eigenvalue weighted by atomic mass is 19.1. The molecular weight excluding hydrogens is 313 g/mol. The van der Waals surface area contributed by atoms with Crippen molar-refractivity contribution < 1.29 is 14.1 Å². The molecule has 1 N–H and O–H groups in total. The molecule has 0 heterocycles. The second-order valence-electron chi connectivity index (χ2n) is 5.29. The molecular formula is C17H18FN3O3. The number of nitrogens with zero attached hydrogens (tertiary/aromatic N) is 2. The molecule has 0 aliphatic heterocycles. The van der Waals surface area contributed by atoms with Gasteiger partial charge in [0.1, 0.15) is 5.82 Å². The third-order valence-electron chi connectivity index (χ3n) is 3.56. The van der Waals surface area contributed by atoms with Crippen LogP contribution in [-0.2, 0) is 0 Å². The average Bonchev–Trinajstić information content (AvgIpc) is 2.58. The zero-order valence-electron chi connectivity index (χ0n) is 13.2. The minimum atomic E-state index is -0.900. The maximum Gasteiger partial charge on any atom is 0.272 e. The summed E-state index contributed by atoms with van der Waals surface area (Å²) in [6.07, 6.45) is 0.686. The molecule has 0 bridgehead atoms. The summed E-state index contributed by atoms with van der Waals surface area (Å²) in [5, 5.41) is 13.2. The molecule has 7 heteroatoms. The standard InChI is InChI=1S/C17H18FN3O3/c1-20(13-6-3-2-4-7-13)11-5-10-19-17(22)15-9-8-14(21(23)24)12-16(15)18/h2-4,6-9,12H,5,10-11H2,1H3,(H,19,22). The van der Waals surface area contributed by atoms with Gasteiger partial charge in [0.15, 0.2) is 0 Å². The number of hydrogen-bond acceptors (Lipinski definition) is 4. The van der Waals surface area contributed by atoms with E-state index in [2.05, 4.69) is 10.2 Å². The van der Waals surface area contributed by atoms with Gasteiger partial charge in [0.05, 0.1) is 16.6 Å². The zero-order valence-corrected chi connectivity index (χ0v) is 13.2. The summed E-state index contributed by atoms with van der Waals surface area (Å²) < 4.78 is 13.7. The van der Waals surface area contributed by atoms with Crippen LogP contribution in [0.3, 0.4) is 0 Å². The number of hydrogen-bond donors (Lipinski definition) is 1. The first-order valence-electron chi connectivity index (χ1n) is 7.47. The van der Waals surface area contributed by atoms with Crippen molar-refractivity contribution >= 4 is 17.3 Å². The Balaban J connectivity index is 1.82. The summed E-state index contributed by atoms with van der Waals surface area (Å²) in [7, 11) is 1.95. The zero-order chi connectivity index (χ0) is 17.5. The van der Waals surface area contributed by atoms with E-state index in [-0.39, 0.29) is 11.3 Å². The molecule has 0 aromatic heterocycles. The molecule has 2 rings (SSSR count). The van der Waals surface area contributed by atoms with E-state index in [1.165, 1.54) is 0 Å². The number of carbonyl (C=O) groups excluding carboxylic acids is 1. The Labute approximate surface area is 139 Å². The molecule has 126 valence electrons. The van der Waals surface area contributed by atoms with Gasteiger partial charge in [-0.1, -0.05) is 18.2 Å². The van der Waals surface area contributed by atoms with Crippen molar-refractivity contribution in [3.63, 3.8) is 0 Å². The molecule has 0 aliphatic carbocycles. The number of amides is 1. The van der Waals surface area contributed by atoms with Crippen molar-refractivity contribution in [2.24, 2.45) is 0 Å². The molecule has 0 spiro atoms. The van der Waals surface area contributed by atoms with Gasteiger partial charge in [-0.15, -0.1) is 0 Å². The maximum absolute atomic E-state index is 13.7. The van der Waals surface area contributed by atoms with Gasteiger partial charge < -0.3 is 10.2 Å². The SMILES string of the molecule is CN(CCCNC(=O)c1ccc([N+](=O)[O-])cc1F)c1ccccc1. The molecule has 0 unspecified atom stereocenters. The van der Waals surface area contributed by atoms with Crippen molar-refractivity contribution in [3.8, 4) is 0 Å². The van der Waals surface area contributed by atoms with Crippen molar-refractivity contribution in [3.05, 3.63) is 70.0 Å². The number of nitrogens with one attached hydrogen (secondary N) is 1. The minimum Gasteiger partial charge on any atom is -0.375 e.